The molecule has 0 saturated heterocycles. The molecular weight excluding hydrogens is 220 g/mol. The highest BCUT2D eigenvalue weighted by atomic mass is 32.2. The van der Waals surface area contributed by atoms with Crippen molar-refractivity contribution in [3.05, 3.63) is 0 Å². The van der Waals surface area contributed by atoms with Gasteiger partial charge in [0.1, 0.15) is 0 Å². The standard InChI is InChI=1S/C9H19O3S2/c1-6-8(10)11-7(2)12-9(3,13-4)14-5/h7-8H,6H2,1-5H3. The first-order chi connectivity index (χ1) is 6.47. The normalized spacial score (nSPS) is 16.7. The fourth-order valence-electron chi connectivity index (χ4n) is 0.819. The molecule has 0 N–H and O–H groups in total. The molecule has 5 heteroatoms. The predicted octanol–water partition coefficient (Wildman–Crippen LogP) is 2.93. The van der Waals surface area contributed by atoms with Gasteiger partial charge in [-0.05, 0) is 32.8 Å². The number of thioether (sulfide) groups is 2. The molecule has 2 unspecified atom stereocenters. The largest absolute Gasteiger partial charge is 0.327 e. The van der Waals surface area contributed by atoms with E-state index in [-0.39, 0.29) is 4.27 Å². The number of hydrogen-bond donors (Lipinski definition) is 0. The minimum absolute atomic E-state index is 0.340. The summed E-state index contributed by atoms with van der Waals surface area (Å²) in [6.07, 6.45) is 2.96. The molecule has 0 rings (SSSR count). The van der Waals surface area contributed by atoms with Crippen LogP contribution in [-0.4, -0.2) is 29.4 Å². The molecule has 0 spiro atoms. The number of ether oxygens (including phenoxy) is 2. The Morgan fingerprint density at radius 1 is 1.36 bits per heavy atom. The number of rotatable bonds is 7. The van der Waals surface area contributed by atoms with Crippen molar-refractivity contribution in [3.63, 3.8) is 0 Å². The Morgan fingerprint density at radius 2 is 1.86 bits per heavy atom. The Kier molecular flexibility index (Phi) is 7.24. The minimum atomic E-state index is -0.988. The zero-order valence-corrected chi connectivity index (χ0v) is 11.0. The third-order valence-corrected chi connectivity index (χ3v) is 4.47. The second-order valence-electron chi connectivity index (χ2n) is 2.93. The summed E-state index contributed by atoms with van der Waals surface area (Å²) in [6.45, 7) is 5.52. The molecule has 1 radical (unpaired) electrons. The zero-order chi connectivity index (χ0) is 11.2. The summed E-state index contributed by atoms with van der Waals surface area (Å²) in [5.74, 6) is 0. The molecule has 0 amide bonds. The molecule has 0 aliphatic rings. The van der Waals surface area contributed by atoms with E-state index in [4.69, 9.17) is 9.47 Å². The van der Waals surface area contributed by atoms with Gasteiger partial charge in [-0.2, -0.15) is 0 Å². The van der Waals surface area contributed by atoms with Gasteiger partial charge >= 0.3 is 0 Å². The van der Waals surface area contributed by atoms with Crippen molar-refractivity contribution < 1.29 is 14.6 Å². The van der Waals surface area contributed by atoms with E-state index in [0.717, 1.165) is 0 Å². The van der Waals surface area contributed by atoms with Gasteiger partial charge in [-0.15, -0.1) is 23.5 Å². The van der Waals surface area contributed by atoms with Gasteiger partial charge in [-0.1, -0.05) is 6.92 Å². The molecule has 0 heterocycles. The fraction of sp³-hybridized carbons (Fsp3) is 1.00. The third kappa shape index (κ3) is 5.46. The topological polar surface area (TPSA) is 38.4 Å². The Hall–Kier alpha value is 0.580. The van der Waals surface area contributed by atoms with Crippen LogP contribution in [0.1, 0.15) is 27.2 Å². The molecular formula is C9H19O3S2. The van der Waals surface area contributed by atoms with Crippen LogP contribution in [0.15, 0.2) is 0 Å². The van der Waals surface area contributed by atoms with Crippen molar-refractivity contribution in [2.75, 3.05) is 12.5 Å². The lowest BCUT2D eigenvalue weighted by molar-refractivity contribution is -0.246. The molecule has 0 aromatic rings. The van der Waals surface area contributed by atoms with E-state index in [1.54, 1.807) is 37.4 Å². The Morgan fingerprint density at radius 3 is 2.21 bits per heavy atom. The average Bonchev–Trinajstić information content (AvgIpc) is 2.17. The molecule has 0 aliphatic carbocycles. The SMILES string of the molecule is CCC([O])OC(C)OC(C)(SC)SC. The van der Waals surface area contributed by atoms with Crippen molar-refractivity contribution in [1.82, 2.24) is 0 Å². The first kappa shape index (κ1) is 14.6. The Balaban J connectivity index is 3.96. The van der Waals surface area contributed by atoms with Gasteiger partial charge in [0.15, 0.2) is 16.8 Å². The van der Waals surface area contributed by atoms with Gasteiger partial charge in [0.05, 0.1) is 0 Å². The van der Waals surface area contributed by atoms with Crippen molar-refractivity contribution >= 4 is 23.5 Å². The van der Waals surface area contributed by atoms with Crippen molar-refractivity contribution in [2.45, 2.75) is 44.0 Å². The van der Waals surface area contributed by atoms with E-state index in [9.17, 15) is 5.11 Å². The minimum Gasteiger partial charge on any atom is -0.327 e. The third-order valence-electron chi connectivity index (χ3n) is 1.80. The van der Waals surface area contributed by atoms with E-state index >= 15 is 0 Å². The molecule has 0 aliphatic heterocycles. The zero-order valence-electron chi connectivity index (χ0n) is 9.40. The van der Waals surface area contributed by atoms with E-state index in [1.807, 2.05) is 19.4 Å². The van der Waals surface area contributed by atoms with E-state index < -0.39 is 12.6 Å². The Bertz CT molecular complexity index is 151. The van der Waals surface area contributed by atoms with E-state index in [2.05, 4.69) is 0 Å². The highest BCUT2D eigenvalue weighted by molar-refractivity contribution is 8.17. The molecule has 0 aromatic carbocycles. The first-order valence-corrected chi connectivity index (χ1v) is 7.01. The predicted molar refractivity (Wildman–Crippen MR) is 61.8 cm³/mol. The molecule has 85 valence electrons. The van der Waals surface area contributed by atoms with Gasteiger partial charge in [0.25, 0.3) is 0 Å². The molecule has 0 bridgehead atoms. The molecule has 0 aromatic heterocycles. The summed E-state index contributed by atoms with van der Waals surface area (Å²) >= 11 is 3.19. The monoisotopic (exact) mass is 239 g/mol. The van der Waals surface area contributed by atoms with Crippen LogP contribution in [-0.2, 0) is 14.6 Å². The van der Waals surface area contributed by atoms with Crippen LogP contribution >= 0.6 is 23.5 Å². The summed E-state index contributed by atoms with van der Waals surface area (Å²) in [4.78, 5) is 0. The Labute approximate surface area is 94.9 Å². The van der Waals surface area contributed by atoms with Gasteiger partial charge in [0.2, 0.25) is 0 Å². The molecule has 3 nitrogen and oxygen atoms in total. The summed E-state index contributed by atoms with van der Waals surface area (Å²) in [5.41, 5.74) is 0. The van der Waals surface area contributed by atoms with Crippen LogP contribution in [0, 0.1) is 0 Å². The van der Waals surface area contributed by atoms with Gasteiger partial charge in [-0.3, -0.25) is 0 Å². The van der Waals surface area contributed by atoms with Crippen LogP contribution in [0.2, 0.25) is 0 Å². The van der Waals surface area contributed by atoms with Crippen LogP contribution in [0.3, 0.4) is 0 Å². The maximum absolute atomic E-state index is 11.1. The van der Waals surface area contributed by atoms with Crippen molar-refractivity contribution in [1.29, 1.82) is 0 Å². The smallest absolute Gasteiger partial charge is 0.194 e. The van der Waals surface area contributed by atoms with E-state index in [1.165, 1.54) is 0 Å². The molecule has 0 saturated carbocycles. The van der Waals surface area contributed by atoms with Crippen LogP contribution in [0.25, 0.3) is 0 Å². The van der Waals surface area contributed by atoms with Crippen LogP contribution in [0.5, 0.6) is 0 Å². The maximum atomic E-state index is 11.1. The quantitative estimate of drug-likeness (QED) is 0.640. The van der Waals surface area contributed by atoms with Crippen molar-refractivity contribution in [2.24, 2.45) is 0 Å². The molecule has 2 atom stereocenters. The lowest BCUT2D eigenvalue weighted by atomic mass is 10.5. The summed E-state index contributed by atoms with van der Waals surface area (Å²) in [5, 5.41) is 11.1. The fourth-order valence-corrected chi connectivity index (χ4v) is 1.95. The lowest BCUT2D eigenvalue weighted by Gasteiger charge is -2.29. The van der Waals surface area contributed by atoms with Gasteiger partial charge in [-0.25, -0.2) is 5.11 Å². The number of hydrogen-bond acceptors (Lipinski definition) is 4. The van der Waals surface area contributed by atoms with Crippen LogP contribution < -0.4 is 0 Å². The highest BCUT2D eigenvalue weighted by Gasteiger charge is 2.26. The first-order valence-electron chi connectivity index (χ1n) is 4.56. The second-order valence-corrected chi connectivity index (χ2v) is 5.56. The average molecular weight is 239 g/mol. The summed E-state index contributed by atoms with van der Waals surface area (Å²) < 4.78 is 10.4. The van der Waals surface area contributed by atoms with Crippen molar-refractivity contribution in [3.8, 4) is 0 Å². The van der Waals surface area contributed by atoms with Crippen LogP contribution in [0.4, 0.5) is 0 Å². The second kappa shape index (κ2) is 6.95. The molecule has 14 heavy (non-hydrogen) atoms. The summed E-state index contributed by atoms with van der Waals surface area (Å²) in [7, 11) is 0. The highest BCUT2D eigenvalue weighted by Crippen LogP contribution is 2.35. The van der Waals surface area contributed by atoms with Gasteiger partial charge < -0.3 is 9.47 Å². The molecule has 0 fully saturated rings. The van der Waals surface area contributed by atoms with Gasteiger partial charge in [0, 0.05) is 0 Å². The van der Waals surface area contributed by atoms with E-state index in [0.29, 0.717) is 6.42 Å². The lowest BCUT2D eigenvalue weighted by Crippen LogP contribution is -2.29. The summed E-state index contributed by atoms with van der Waals surface area (Å²) in [6, 6.07) is 0. The maximum Gasteiger partial charge on any atom is 0.194 e.